The van der Waals surface area contributed by atoms with Crippen molar-refractivity contribution in [1.82, 2.24) is 15.5 Å². The maximum absolute atomic E-state index is 4.31. The van der Waals surface area contributed by atoms with Crippen LogP contribution in [0.15, 0.2) is 66.2 Å². The number of hydrogen-bond donors (Lipinski definition) is 2. The molecule has 0 spiro atoms. The summed E-state index contributed by atoms with van der Waals surface area (Å²) in [5, 5.41) is 19.6. The van der Waals surface area contributed by atoms with E-state index in [1.165, 1.54) is 21.6 Å². The van der Waals surface area contributed by atoms with E-state index in [0.29, 0.717) is 0 Å². The molecule has 0 radical (unpaired) electrons. The maximum atomic E-state index is 4.31. The number of aromatic nitrogens is 2. The maximum Gasteiger partial charge on any atom is 0.157 e. The van der Waals surface area contributed by atoms with Crippen LogP contribution in [0.1, 0.15) is 23.4 Å². The number of fused-ring (bicyclic) bond motifs is 1. The third-order valence-corrected chi connectivity index (χ3v) is 5.78. The van der Waals surface area contributed by atoms with E-state index in [1.54, 1.807) is 17.5 Å². The third kappa shape index (κ3) is 3.70. The van der Waals surface area contributed by atoms with Crippen LogP contribution in [0.5, 0.6) is 0 Å². The molecule has 0 fully saturated rings. The molecule has 27 heavy (non-hydrogen) atoms. The van der Waals surface area contributed by atoms with Crippen LogP contribution in [0.25, 0.3) is 21.9 Å². The number of anilines is 1. The third-order valence-electron chi connectivity index (χ3n) is 4.67. The molecule has 0 unspecified atom stereocenters. The van der Waals surface area contributed by atoms with Crippen molar-refractivity contribution in [1.29, 1.82) is 0 Å². The summed E-state index contributed by atoms with van der Waals surface area (Å²) in [5.74, 6) is 0.825. The lowest BCUT2D eigenvalue weighted by Crippen LogP contribution is -2.07. The minimum atomic E-state index is 0.153. The van der Waals surface area contributed by atoms with E-state index in [9.17, 15) is 0 Å². The smallest absolute Gasteiger partial charge is 0.157 e. The van der Waals surface area contributed by atoms with Gasteiger partial charge in [-0.3, -0.25) is 0 Å². The first-order valence-corrected chi connectivity index (χ1v) is 9.92. The lowest BCUT2D eigenvalue weighted by atomic mass is 10.0. The van der Waals surface area contributed by atoms with Crippen molar-refractivity contribution in [2.24, 2.45) is 0 Å². The molecule has 4 nitrogen and oxygen atoms in total. The lowest BCUT2D eigenvalue weighted by molar-refractivity contribution is 0.819. The highest BCUT2D eigenvalue weighted by molar-refractivity contribution is 7.10. The van der Waals surface area contributed by atoms with Crippen molar-refractivity contribution < 1.29 is 0 Å². The largest absolute Gasteiger partial charge is 0.361 e. The summed E-state index contributed by atoms with van der Waals surface area (Å²) >= 11 is 1.77. The number of rotatable bonds is 6. The van der Waals surface area contributed by atoms with Crippen LogP contribution < -0.4 is 10.6 Å². The summed E-state index contributed by atoms with van der Waals surface area (Å²) in [6.45, 7) is 3.03. The summed E-state index contributed by atoms with van der Waals surface area (Å²) in [4.78, 5) is 1.28. The van der Waals surface area contributed by atoms with Crippen molar-refractivity contribution in [3.05, 3.63) is 76.6 Å². The minimum Gasteiger partial charge on any atom is -0.361 e. The van der Waals surface area contributed by atoms with E-state index >= 15 is 0 Å². The summed E-state index contributed by atoms with van der Waals surface area (Å²) in [5.41, 5.74) is 3.86. The molecule has 5 heteroatoms. The van der Waals surface area contributed by atoms with Gasteiger partial charge in [-0.15, -0.1) is 16.4 Å². The molecule has 0 bridgehead atoms. The zero-order valence-corrected chi connectivity index (χ0v) is 16.3. The highest BCUT2D eigenvalue weighted by Gasteiger charge is 2.13. The topological polar surface area (TPSA) is 49.8 Å². The molecular weight excluding hydrogens is 352 g/mol. The van der Waals surface area contributed by atoms with Crippen LogP contribution >= 0.6 is 11.3 Å². The summed E-state index contributed by atoms with van der Waals surface area (Å²) in [7, 11) is 1.98. The molecule has 0 saturated carbocycles. The molecule has 0 saturated heterocycles. The molecule has 2 aromatic carbocycles. The van der Waals surface area contributed by atoms with Crippen molar-refractivity contribution in [2.45, 2.75) is 19.5 Å². The molecule has 0 aliphatic rings. The molecule has 4 aromatic rings. The number of nitrogens with one attached hydrogen (secondary N) is 2. The monoisotopic (exact) mass is 374 g/mol. The Morgan fingerprint density at radius 2 is 1.89 bits per heavy atom. The lowest BCUT2D eigenvalue weighted by Gasteiger charge is -2.14. The average molecular weight is 375 g/mol. The van der Waals surface area contributed by atoms with Crippen molar-refractivity contribution in [2.75, 3.05) is 12.4 Å². The van der Waals surface area contributed by atoms with E-state index in [4.69, 9.17) is 0 Å². The van der Waals surface area contributed by atoms with Gasteiger partial charge in [0.15, 0.2) is 5.82 Å². The van der Waals surface area contributed by atoms with E-state index in [1.807, 2.05) is 19.2 Å². The minimum absolute atomic E-state index is 0.153. The fourth-order valence-electron chi connectivity index (χ4n) is 3.28. The Labute approximate surface area is 163 Å². The first-order chi connectivity index (χ1) is 13.3. The van der Waals surface area contributed by atoms with E-state index in [2.05, 4.69) is 75.6 Å². The van der Waals surface area contributed by atoms with Crippen LogP contribution in [-0.4, -0.2) is 17.2 Å². The normalized spacial score (nSPS) is 12.2. The number of thiophene rings is 1. The standard InChI is InChI=1S/C22H22N4S/c1-15(25-22-20-10-6-4-8-17(20)13-24-26-22)21-11-18(14-27-21)19-9-5-3-7-16(19)12-23-2/h3-11,13-15,23H,12H2,1-2H3,(H,25,26)/t15-/m1/s1. The predicted octanol–water partition coefficient (Wildman–Crippen LogP) is 5.25. The van der Waals surface area contributed by atoms with Gasteiger partial charge in [0, 0.05) is 22.2 Å². The predicted molar refractivity (Wildman–Crippen MR) is 114 cm³/mol. The van der Waals surface area contributed by atoms with Crippen LogP contribution in [0, 0.1) is 0 Å². The fraction of sp³-hybridized carbons (Fsp3) is 0.182. The van der Waals surface area contributed by atoms with Gasteiger partial charge in [-0.25, -0.2) is 0 Å². The second kappa shape index (κ2) is 7.86. The van der Waals surface area contributed by atoms with Crippen molar-refractivity contribution in [3.63, 3.8) is 0 Å². The van der Waals surface area contributed by atoms with Gasteiger partial charge in [0.1, 0.15) is 0 Å². The first kappa shape index (κ1) is 17.6. The van der Waals surface area contributed by atoms with Crippen LogP contribution in [-0.2, 0) is 6.54 Å². The second-order valence-corrected chi connectivity index (χ2v) is 7.51. The van der Waals surface area contributed by atoms with Gasteiger partial charge < -0.3 is 10.6 Å². The molecule has 1 atom stereocenters. The Bertz CT molecular complexity index is 1050. The molecule has 2 aromatic heterocycles. The van der Waals surface area contributed by atoms with E-state index < -0.39 is 0 Å². The molecule has 136 valence electrons. The summed E-state index contributed by atoms with van der Waals surface area (Å²) in [6.07, 6.45) is 1.80. The molecule has 0 aliphatic heterocycles. The van der Waals surface area contributed by atoms with Gasteiger partial charge in [-0.05, 0) is 42.1 Å². The van der Waals surface area contributed by atoms with Gasteiger partial charge in [-0.1, -0.05) is 48.5 Å². The van der Waals surface area contributed by atoms with Crippen molar-refractivity contribution in [3.8, 4) is 11.1 Å². The van der Waals surface area contributed by atoms with Gasteiger partial charge >= 0.3 is 0 Å². The summed E-state index contributed by atoms with van der Waals surface area (Å²) in [6, 6.07) is 19.2. The molecule has 2 heterocycles. The highest BCUT2D eigenvalue weighted by atomic mass is 32.1. The first-order valence-electron chi connectivity index (χ1n) is 9.04. The van der Waals surface area contributed by atoms with E-state index in [-0.39, 0.29) is 6.04 Å². The quantitative estimate of drug-likeness (QED) is 0.484. The molecule has 4 rings (SSSR count). The molecule has 0 aliphatic carbocycles. The number of nitrogens with zero attached hydrogens (tertiary/aromatic N) is 2. The van der Waals surface area contributed by atoms with Crippen LogP contribution in [0.3, 0.4) is 0 Å². The van der Waals surface area contributed by atoms with Gasteiger partial charge in [-0.2, -0.15) is 5.10 Å². The Morgan fingerprint density at radius 3 is 2.78 bits per heavy atom. The molecular formula is C22H22N4S. The Balaban J connectivity index is 1.60. The zero-order chi connectivity index (χ0) is 18.6. The molecule has 2 N–H and O–H groups in total. The highest BCUT2D eigenvalue weighted by Crippen LogP contribution is 2.33. The SMILES string of the molecule is CNCc1ccccc1-c1csc([C@@H](C)Nc2nncc3ccccc23)c1. The number of benzene rings is 2. The van der Waals surface area contributed by atoms with Gasteiger partial charge in [0.05, 0.1) is 12.2 Å². The summed E-state index contributed by atoms with van der Waals surface area (Å²) < 4.78 is 0. The van der Waals surface area contributed by atoms with Crippen molar-refractivity contribution >= 4 is 27.9 Å². The van der Waals surface area contributed by atoms with Crippen LogP contribution in [0.4, 0.5) is 5.82 Å². The second-order valence-electron chi connectivity index (χ2n) is 6.57. The van der Waals surface area contributed by atoms with E-state index in [0.717, 1.165) is 23.1 Å². The van der Waals surface area contributed by atoms with Gasteiger partial charge in [0.25, 0.3) is 0 Å². The average Bonchev–Trinajstić information content (AvgIpc) is 3.19. The van der Waals surface area contributed by atoms with Crippen LogP contribution in [0.2, 0.25) is 0 Å². The zero-order valence-electron chi connectivity index (χ0n) is 15.4. The Hall–Kier alpha value is -2.76. The number of hydrogen-bond acceptors (Lipinski definition) is 5. The Morgan fingerprint density at radius 1 is 1.07 bits per heavy atom. The van der Waals surface area contributed by atoms with Gasteiger partial charge in [0.2, 0.25) is 0 Å². The molecule has 0 amide bonds. The fourth-order valence-corrected chi connectivity index (χ4v) is 4.19. The Kier molecular flexibility index (Phi) is 5.14.